The summed E-state index contributed by atoms with van der Waals surface area (Å²) in [6.07, 6.45) is 0. The average Bonchev–Trinajstić information content (AvgIpc) is 2.86. The summed E-state index contributed by atoms with van der Waals surface area (Å²) in [5.74, 6) is 0.0235. The maximum absolute atomic E-state index is 12.3. The summed E-state index contributed by atoms with van der Waals surface area (Å²) >= 11 is 0. The quantitative estimate of drug-likeness (QED) is 0.850. The van der Waals surface area contributed by atoms with Crippen molar-refractivity contribution in [1.29, 1.82) is 0 Å². The maximum Gasteiger partial charge on any atom is 0.240 e. The van der Waals surface area contributed by atoms with Crippen molar-refractivity contribution in [3.05, 3.63) is 41.7 Å². The lowest BCUT2D eigenvalue weighted by Crippen LogP contribution is -2.41. The summed E-state index contributed by atoms with van der Waals surface area (Å²) in [4.78, 5) is 24.6. The largest absolute Gasteiger partial charge is 0.360 e. The fourth-order valence-electron chi connectivity index (χ4n) is 1.73. The molecule has 2 amide bonds. The lowest BCUT2D eigenvalue weighted by Gasteiger charge is -2.22. The second-order valence-electron chi connectivity index (χ2n) is 5.72. The molecule has 116 valence electrons. The van der Waals surface area contributed by atoms with Gasteiger partial charge >= 0.3 is 0 Å². The predicted molar refractivity (Wildman–Crippen MR) is 83.5 cm³/mol. The van der Waals surface area contributed by atoms with E-state index in [0.717, 1.165) is 5.56 Å². The van der Waals surface area contributed by atoms with Gasteiger partial charge in [-0.3, -0.25) is 9.59 Å². The van der Waals surface area contributed by atoms with Crippen molar-refractivity contribution in [2.24, 2.45) is 5.41 Å². The standard InChI is InChI=1S/C16H19N3O3/c1-10-5-7-12(8-6-10)17-14(20)16(3,4)15(21)18-13-9-11(2)22-19-13/h5-9H,1-4H3,(H,17,20)(H,18,19,21). The van der Waals surface area contributed by atoms with E-state index in [-0.39, 0.29) is 0 Å². The third kappa shape index (κ3) is 3.52. The van der Waals surface area contributed by atoms with Crippen LogP contribution < -0.4 is 10.6 Å². The molecule has 0 aliphatic heterocycles. The Kier molecular flexibility index (Phi) is 4.30. The molecule has 1 aromatic carbocycles. The van der Waals surface area contributed by atoms with Gasteiger partial charge in [-0.15, -0.1) is 0 Å². The number of aryl methyl sites for hydroxylation is 2. The number of rotatable bonds is 4. The molecule has 22 heavy (non-hydrogen) atoms. The van der Waals surface area contributed by atoms with E-state index in [2.05, 4.69) is 15.8 Å². The molecular weight excluding hydrogens is 282 g/mol. The van der Waals surface area contributed by atoms with Crippen LogP contribution in [0.4, 0.5) is 11.5 Å². The molecule has 6 heteroatoms. The Bertz CT molecular complexity index is 687. The van der Waals surface area contributed by atoms with Gasteiger partial charge in [0.05, 0.1) is 0 Å². The molecule has 0 aliphatic rings. The van der Waals surface area contributed by atoms with Crippen LogP contribution in [-0.2, 0) is 9.59 Å². The van der Waals surface area contributed by atoms with Gasteiger partial charge in [0, 0.05) is 11.8 Å². The number of anilines is 2. The molecule has 0 atom stereocenters. The summed E-state index contributed by atoms with van der Waals surface area (Å²) in [5, 5.41) is 9.00. The first-order valence-corrected chi connectivity index (χ1v) is 6.92. The highest BCUT2D eigenvalue weighted by Crippen LogP contribution is 2.21. The van der Waals surface area contributed by atoms with E-state index in [9.17, 15) is 9.59 Å². The summed E-state index contributed by atoms with van der Waals surface area (Å²) in [6, 6.07) is 8.96. The number of nitrogens with one attached hydrogen (secondary N) is 2. The first kappa shape index (κ1) is 15.8. The van der Waals surface area contributed by atoms with Gasteiger partial charge in [-0.05, 0) is 39.8 Å². The maximum atomic E-state index is 12.3. The van der Waals surface area contributed by atoms with Crippen molar-refractivity contribution in [3.8, 4) is 0 Å². The van der Waals surface area contributed by atoms with E-state index in [1.54, 1.807) is 39.0 Å². The predicted octanol–water partition coefficient (Wildman–Crippen LogP) is 2.89. The Balaban J connectivity index is 2.05. The third-order valence-electron chi connectivity index (χ3n) is 3.31. The van der Waals surface area contributed by atoms with Gasteiger partial charge in [0.1, 0.15) is 11.2 Å². The number of carbonyl (C=O) groups excluding carboxylic acids is 2. The van der Waals surface area contributed by atoms with Gasteiger partial charge in [-0.1, -0.05) is 22.9 Å². The number of carbonyl (C=O) groups is 2. The van der Waals surface area contributed by atoms with Crippen molar-refractivity contribution in [2.45, 2.75) is 27.7 Å². The Hall–Kier alpha value is -2.63. The van der Waals surface area contributed by atoms with Gasteiger partial charge in [-0.2, -0.15) is 0 Å². The highest BCUT2D eigenvalue weighted by Gasteiger charge is 2.36. The van der Waals surface area contributed by atoms with E-state index in [0.29, 0.717) is 17.3 Å². The molecule has 2 aromatic rings. The van der Waals surface area contributed by atoms with Gasteiger partial charge in [-0.25, -0.2) is 0 Å². The van der Waals surface area contributed by atoms with E-state index in [4.69, 9.17) is 4.52 Å². The van der Waals surface area contributed by atoms with Crippen molar-refractivity contribution in [3.63, 3.8) is 0 Å². The number of hydrogen-bond donors (Lipinski definition) is 2. The number of hydrogen-bond acceptors (Lipinski definition) is 4. The Labute approximate surface area is 128 Å². The van der Waals surface area contributed by atoms with Crippen LogP contribution in [0.1, 0.15) is 25.2 Å². The monoisotopic (exact) mass is 301 g/mol. The molecular formula is C16H19N3O3. The normalized spacial score (nSPS) is 11.1. The minimum absolute atomic E-state index is 0.290. The minimum Gasteiger partial charge on any atom is -0.360 e. The van der Waals surface area contributed by atoms with Crippen LogP contribution >= 0.6 is 0 Å². The molecule has 6 nitrogen and oxygen atoms in total. The molecule has 1 heterocycles. The number of amides is 2. The lowest BCUT2D eigenvalue weighted by molar-refractivity contribution is -0.135. The molecule has 0 unspecified atom stereocenters. The van der Waals surface area contributed by atoms with E-state index in [1.165, 1.54) is 0 Å². The highest BCUT2D eigenvalue weighted by atomic mass is 16.5. The second-order valence-corrected chi connectivity index (χ2v) is 5.72. The Morgan fingerprint density at radius 1 is 1.05 bits per heavy atom. The Morgan fingerprint density at radius 2 is 1.64 bits per heavy atom. The van der Waals surface area contributed by atoms with Crippen LogP contribution in [0.2, 0.25) is 0 Å². The molecule has 0 saturated heterocycles. The van der Waals surface area contributed by atoms with Crippen LogP contribution in [0, 0.1) is 19.3 Å². The Morgan fingerprint density at radius 3 is 2.18 bits per heavy atom. The van der Waals surface area contributed by atoms with Gasteiger partial charge < -0.3 is 15.2 Å². The van der Waals surface area contributed by atoms with Gasteiger partial charge in [0.15, 0.2) is 5.82 Å². The molecule has 0 saturated carbocycles. The van der Waals surface area contributed by atoms with Crippen molar-refractivity contribution in [1.82, 2.24) is 5.16 Å². The zero-order chi connectivity index (χ0) is 16.3. The van der Waals surface area contributed by atoms with Crippen molar-refractivity contribution in [2.75, 3.05) is 10.6 Å². The summed E-state index contributed by atoms with van der Waals surface area (Å²) in [7, 11) is 0. The first-order chi connectivity index (χ1) is 10.3. The summed E-state index contributed by atoms with van der Waals surface area (Å²) in [6.45, 7) is 6.79. The third-order valence-corrected chi connectivity index (χ3v) is 3.31. The topological polar surface area (TPSA) is 84.2 Å². The molecule has 1 aromatic heterocycles. The molecule has 0 radical (unpaired) electrons. The number of nitrogens with zero attached hydrogens (tertiary/aromatic N) is 1. The van der Waals surface area contributed by atoms with E-state index >= 15 is 0 Å². The number of aromatic nitrogens is 1. The summed E-state index contributed by atoms with van der Waals surface area (Å²) < 4.78 is 4.88. The SMILES string of the molecule is Cc1ccc(NC(=O)C(C)(C)C(=O)Nc2cc(C)on2)cc1. The zero-order valence-corrected chi connectivity index (χ0v) is 13.1. The fourth-order valence-corrected chi connectivity index (χ4v) is 1.73. The highest BCUT2D eigenvalue weighted by molar-refractivity contribution is 6.13. The molecule has 0 aliphatic carbocycles. The minimum atomic E-state index is -1.25. The second kappa shape index (κ2) is 6.01. The van der Waals surface area contributed by atoms with Crippen LogP contribution in [0.25, 0.3) is 0 Å². The van der Waals surface area contributed by atoms with Crippen molar-refractivity contribution >= 4 is 23.3 Å². The molecule has 2 N–H and O–H groups in total. The molecule has 2 rings (SSSR count). The first-order valence-electron chi connectivity index (χ1n) is 6.92. The van der Waals surface area contributed by atoms with Crippen LogP contribution in [0.15, 0.2) is 34.9 Å². The van der Waals surface area contributed by atoms with Crippen LogP contribution in [0.5, 0.6) is 0 Å². The molecule has 0 spiro atoms. The fraction of sp³-hybridized carbons (Fsp3) is 0.312. The van der Waals surface area contributed by atoms with E-state index < -0.39 is 17.2 Å². The van der Waals surface area contributed by atoms with Crippen LogP contribution in [0.3, 0.4) is 0 Å². The zero-order valence-electron chi connectivity index (χ0n) is 13.1. The van der Waals surface area contributed by atoms with Crippen molar-refractivity contribution < 1.29 is 14.1 Å². The smallest absolute Gasteiger partial charge is 0.240 e. The van der Waals surface area contributed by atoms with Gasteiger partial charge in [0.2, 0.25) is 11.8 Å². The molecule has 0 fully saturated rings. The van der Waals surface area contributed by atoms with Gasteiger partial charge in [0.25, 0.3) is 0 Å². The average molecular weight is 301 g/mol. The van der Waals surface area contributed by atoms with E-state index in [1.807, 2.05) is 19.1 Å². The lowest BCUT2D eigenvalue weighted by atomic mass is 9.91. The molecule has 0 bridgehead atoms. The van der Waals surface area contributed by atoms with Crippen LogP contribution in [-0.4, -0.2) is 17.0 Å². The number of benzene rings is 1. The summed E-state index contributed by atoms with van der Waals surface area (Å²) in [5.41, 5.74) is 0.489.